The average molecular weight is 361 g/mol. The summed E-state index contributed by atoms with van der Waals surface area (Å²) in [5.41, 5.74) is 9.98. The number of nitrogens with two attached hydrogens (primary N) is 2. The van der Waals surface area contributed by atoms with Gasteiger partial charge in [0.15, 0.2) is 0 Å². The molecule has 0 rings (SSSR count). The molecule has 3 atom stereocenters. The average Bonchev–Trinajstić information content (AvgIpc) is 2.52. The van der Waals surface area contributed by atoms with Crippen molar-refractivity contribution >= 4 is 29.6 Å². The molecule has 0 aliphatic heterocycles. The van der Waals surface area contributed by atoms with Crippen LogP contribution in [0.25, 0.3) is 0 Å². The van der Waals surface area contributed by atoms with Gasteiger partial charge in [-0.1, -0.05) is 0 Å². The molecule has 142 valence electrons. The molecule has 0 saturated heterocycles. The van der Waals surface area contributed by atoms with E-state index in [1.54, 1.807) is 0 Å². The summed E-state index contributed by atoms with van der Waals surface area (Å²) in [5.74, 6) is -4.49. The van der Waals surface area contributed by atoms with Gasteiger partial charge in [0.1, 0.15) is 12.1 Å². The van der Waals surface area contributed by atoms with Crippen LogP contribution >= 0.6 is 0 Å². The van der Waals surface area contributed by atoms with Crippen LogP contribution in [0.1, 0.15) is 19.8 Å². The molecule has 0 aromatic carbocycles. The molecule has 25 heavy (non-hydrogen) atoms. The number of amides is 4. The number of carboxylic acid groups (broad SMARTS) is 1. The minimum absolute atomic E-state index is 0.247. The standard InChI is InChI=1S/C13H23N5O7/c1-6(19)11(18-10(22)5-16-9(21)4-14)12(23)17-7(13(24)25)2-3-8(15)20/h6-7,11,19H,2-5,14H2,1H3,(H2,15,20)(H,16,21)(H,17,23)(H,18,22)(H,24,25). The highest BCUT2D eigenvalue weighted by Crippen LogP contribution is 2.01. The lowest BCUT2D eigenvalue weighted by Crippen LogP contribution is -2.57. The molecule has 0 aromatic rings. The van der Waals surface area contributed by atoms with Crippen LogP contribution in [0.4, 0.5) is 0 Å². The molecule has 3 unspecified atom stereocenters. The molecule has 0 bridgehead atoms. The number of hydrogen-bond acceptors (Lipinski definition) is 7. The summed E-state index contributed by atoms with van der Waals surface area (Å²) in [5, 5.41) is 25.1. The lowest BCUT2D eigenvalue weighted by molar-refractivity contribution is -0.143. The van der Waals surface area contributed by atoms with Crippen LogP contribution in [0, 0.1) is 0 Å². The number of aliphatic carboxylic acids is 1. The van der Waals surface area contributed by atoms with Gasteiger partial charge in [-0.2, -0.15) is 0 Å². The Kier molecular flexibility index (Phi) is 9.74. The monoisotopic (exact) mass is 361 g/mol. The number of primary amides is 1. The number of carbonyl (C=O) groups excluding carboxylic acids is 4. The first-order valence-electron chi connectivity index (χ1n) is 7.34. The number of nitrogens with one attached hydrogen (secondary N) is 3. The first-order valence-corrected chi connectivity index (χ1v) is 7.34. The molecule has 0 spiro atoms. The van der Waals surface area contributed by atoms with E-state index in [2.05, 4.69) is 16.0 Å². The zero-order valence-corrected chi connectivity index (χ0v) is 13.7. The van der Waals surface area contributed by atoms with E-state index < -0.39 is 54.3 Å². The summed E-state index contributed by atoms with van der Waals surface area (Å²) in [6.07, 6.45) is -1.86. The maximum atomic E-state index is 12.1. The molecule has 0 aromatic heterocycles. The largest absolute Gasteiger partial charge is 0.480 e. The number of carbonyl (C=O) groups is 5. The van der Waals surface area contributed by atoms with Crippen molar-refractivity contribution in [1.82, 2.24) is 16.0 Å². The fraction of sp³-hybridized carbons (Fsp3) is 0.615. The Hall–Kier alpha value is -2.73. The Bertz CT molecular complexity index is 523. The normalized spacial score (nSPS) is 13.9. The predicted octanol–water partition coefficient (Wildman–Crippen LogP) is -4.24. The van der Waals surface area contributed by atoms with E-state index in [9.17, 15) is 29.1 Å². The van der Waals surface area contributed by atoms with Gasteiger partial charge in [0.25, 0.3) is 0 Å². The predicted molar refractivity (Wildman–Crippen MR) is 83.7 cm³/mol. The Morgan fingerprint density at radius 2 is 1.68 bits per heavy atom. The number of rotatable bonds is 11. The minimum Gasteiger partial charge on any atom is -0.480 e. The van der Waals surface area contributed by atoms with Crippen molar-refractivity contribution in [2.24, 2.45) is 11.5 Å². The highest BCUT2D eigenvalue weighted by molar-refractivity contribution is 5.92. The second kappa shape index (κ2) is 10.9. The summed E-state index contributed by atoms with van der Waals surface area (Å²) < 4.78 is 0. The number of aliphatic hydroxyl groups is 1. The van der Waals surface area contributed by atoms with Crippen LogP contribution in [-0.2, 0) is 24.0 Å². The van der Waals surface area contributed by atoms with Crippen LogP contribution in [-0.4, -0.2) is 71.1 Å². The molecular weight excluding hydrogens is 338 g/mol. The summed E-state index contributed by atoms with van der Waals surface area (Å²) in [7, 11) is 0. The molecule has 9 N–H and O–H groups in total. The third-order valence-corrected chi connectivity index (χ3v) is 3.01. The van der Waals surface area contributed by atoms with Gasteiger partial charge in [0, 0.05) is 6.42 Å². The van der Waals surface area contributed by atoms with Crippen LogP contribution in [0.15, 0.2) is 0 Å². The third kappa shape index (κ3) is 9.22. The van der Waals surface area contributed by atoms with E-state index in [-0.39, 0.29) is 19.4 Å². The Labute approximate surface area is 143 Å². The van der Waals surface area contributed by atoms with Gasteiger partial charge in [0.05, 0.1) is 19.2 Å². The maximum absolute atomic E-state index is 12.1. The van der Waals surface area contributed by atoms with E-state index in [1.807, 2.05) is 0 Å². The minimum atomic E-state index is -1.46. The Morgan fingerprint density at radius 3 is 2.12 bits per heavy atom. The molecule has 0 radical (unpaired) electrons. The molecule has 0 heterocycles. The number of carboxylic acids is 1. The molecule has 0 aliphatic rings. The van der Waals surface area contributed by atoms with Gasteiger partial charge in [-0.25, -0.2) is 4.79 Å². The van der Waals surface area contributed by atoms with Gasteiger partial charge in [-0.05, 0) is 13.3 Å². The smallest absolute Gasteiger partial charge is 0.326 e. The molecule has 0 fully saturated rings. The zero-order valence-electron chi connectivity index (χ0n) is 13.7. The van der Waals surface area contributed by atoms with E-state index in [0.29, 0.717) is 0 Å². The van der Waals surface area contributed by atoms with Crippen molar-refractivity contribution in [3.05, 3.63) is 0 Å². The summed E-state index contributed by atoms with van der Waals surface area (Å²) in [4.78, 5) is 56.6. The van der Waals surface area contributed by atoms with Crippen molar-refractivity contribution in [3.8, 4) is 0 Å². The fourth-order valence-electron chi connectivity index (χ4n) is 1.69. The Morgan fingerprint density at radius 1 is 1.08 bits per heavy atom. The van der Waals surface area contributed by atoms with E-state index >= 15 is 0 Å². The van der Waals surface area contributed by atoms with Crippen molar-refractivity contribution < 1.29 is 34.2 Å². The SMILES string of the molecule is CC(O)C(NC(=O)CNC(=O)CN)C(=O)NC(CCC(N)=O)C(=O)O. The van der Waals surface area contributed by atoms with Crippen molar-refractivity contribution in [2.45, 2.75) is 38.0 Å². The molecule has 12 heteroatoms. The molecule has 4 amide bonds. The summed E-state index contributed by atoms with van der Waals surface area (Å²) >= 11 is 0. The second-order valence-electron chi connectivity index (χ2n) is 5.17. The van der Waals surface area contributed by atoms with Crippen molar-refractivity contribution in [1.29, 1.82) is 0 Å². The van der Waals surface area contributed by atoms with Crippen molar-refractivity contribution in [3.63, 3.8) is 0 Å². The Balaban J connectivity index is 4.80. The molecule has 0 saturated carbocycles. The van der Waals surface area contributed by atoms with E-state index in [1.165, 1.54) is 6.92 Å². The van der Waals surface area contributed by atoms with Crippen LogP contribution in [0.2, 0.25) is 0 Å². The quantitative estimate of drug-likeness (QED) is 0.191. The maximum Gasteiger partial charge on any atom is 0.326 e. The van der Waals surface area contributed by atoms with Crippen LogP contribution in [0.3, 0.4) is 0 Å². The topological polar surface area (TPSA) is 214 Å². The van der Waals surface area contributed by atoms with Gasteiger partial charge < -0.3 is 37.6 Å². The first-order chi connectivity index (χ1) is 11.6. The summed E-state index contributed by atoms with van der Waals surface area (Å²) in [6.45, 7) is 0.409. The highest BCUT2D eigenvalue weighted by Gasteiger charge is 2.29. The fourth-order valence-corrected chi connectivity index (χ4v) is 1.69. The third-order valence-electron chi connectivity index (χ3n) is 3.01. The second-order valence-corrected chi connectivity index (χ2v) is 5.17. The van der Waals surface area contributed by atoms with Gasteiger partial charge in [0.2, 0.25) is 23.6 Å². The van der Waals surface area contributed by atoms with Crippen LogP contribution in [0.5, 0.6) is 0 Å². The first kappa shape index (κ1) is 22.3. The van der Waals surface area contributed by atoms with E-state index in [0.717, 1.165) is 0 Å². The van der Waals surface area contributed by atoms with Gasteiger partial charge in [-0.3, -0.25) is 19.2 Å². The lowest BCUT2D eigenvalue weighted by Gasteiger charge is -2.23. The van der Waals surface area contributed by atoms with Gasteiger partial charge in [-0.15, -0.1) is 0 Å². The lowest BCUT2D eigenvalue weighted by atomic mass is 10.1. The number of hydrogen-bond donors (Lipinski definition) is 7. The molecule has 0 aliphatic carbocycles. The molecular formula is C13H23N5O7. The zero-order chi connectivity index (χ0) is 19.6. The van der Waals surface area contributed by atoms with Gasteiger partial charge >= 0.3 is 5.97 Å². The van der Waals surface area contributed by atoms with E-state index in [4.69, 9.17) is 16.6 Å². The number of aliphatic hydroxyl groups excluding tert-OH is 1. The molecule has 12 nitrogen and oxygen atoms in total. The van der Waals surface area contributed by atoms with Crippen molar-refractivity contribution in [2.75, 3.05) is 13.1 Å². The van der Waals surface area contributed by atoms with Crippen LogP contribution < -0.4 is 27.4 Å². The highest BCUT2D eigenvalue weighted by atomic mass is 16.4. The summed E-state index contributed by atoms with van der Waals surface area (Å²) in [6, 6.07) is -2.88.